The Bertz CT molecular complexity index is 474. The molecule has 0 spiro atoms. The van der Waals surface area contributed by atoms with Gasteiger partial charge in [-0.2, -0.15) is 5.10 Å². The molecule has 2 fully saturated rings. The molecule has 2 heterocycles. The van der Waals surface area contributed by atoms with Crippen molar-refractivity contribution in [3.05, 3.63) is 15.9 Å². The van der Waals surface area contributed by atoms with Crippen molar-refractivity contribution < 1.29 is 9.53 Å². The van der Waals surface area contributed by atoms with Gasteiger partial charge in [-0.25, -0.2) is 0 Å². The molecule has 0 unspecified atom stereocenters. The molecule has 1 N–H and O–H groups in total. The molecule has 1 aromatic rings. The molecular weight excluding hydrogens is 298 g/mol. The summed E-state index contributed by atoms with van der Waals surface area (Å²) in [4.78, 5) is 14.5. The van der Waals surface area contributed by atoms with Crippen LogP contribution < -0.4 is 0 Å². The summed E-state index contributed by atoms with van der Waals surface area (Å²) in [5.74, 6) is 0.00595. The Morgan fingerprint density at radius 3 is 3.11 bits per heavy atom. The van der Waals surface area contributed by atoms with Gasteiger partial charge in [0.1, 0.15) is 0 Å². The van der Waals surface area contributed by atoms with Gasteiger partial charge in [-0.05, 0) is 42.1 Å². The molecule has 0 bridgehead atoms. The Hall–Kier alpha value is -0.880. The second-order valence-corrected chi connectivity index (χ2v) is 5.71. The first-order valence-corrected chi connectivity index (χ1v) is 7.11. The fourth-order valence-electron chi connectivity index (χ4n) is 2.87. The van der Waals surface area contributed by atoms with Crippen LogP contribution in [0.3, 0.4) is 0 Å². The molecule has 2 atom stereocenters. The number of hydrogen-bond acceptors (Lipinski definition) is 3. The predicted octanol–water partition coefficient (Wildman–Crippen LogP) is 1.87. The number of morpholine rings is 1. The van der Waals surface area contributed by atoms with E-state index >= 15 is 0 Å². The smallest absolute Gasteiger partial charge is 0.275 e. The van der Waals surface area contributed by atoms with E-state index in [9.17, 15) is 4.79 Å². The number of hydrogen-bond donors (Lipinski definition) is 1. The molecule has 98 valence electrons. The van der Waals surface area contributed by atoms with E-state index in [1.54, 1.807) is 0 Å². The number of halogens is 1. The number of H-pyrrole nitrogens is 1. The third-order valence-corrected chi connectivity index (χ3v) is 4.79. The second-order valence-electron chi connectivity index (χ2n) is 4.92. The molecule has 18 heavy (non-hydrogen) atoms. The summed E-state index contributed by atoms with van der Waals surface area (Å²) in [6, 6.07) is 0.232. The predicted molar refractivity (Wildman–Crippen MR) is 69.4 cm³/mol. The van der Waals surface area contributed by atoms with E-state index in [-0.39, 0.29) is 18.1 Å². The van der Waals surface area contributed by atoms with Crippen molar-refractivity contribution in [2.75, 3.05) is 13.2 Å². The number of nitrogens with zero attached hydrogens (tertiary/aromatic N) is 2. The summed E-state index contributed by atoms with van der Waals surface area (Å²) in [5, 5.41) is 6.94. The van der Waals surface area contributed by atoms with Gasteiger partial charge >= 0.3 is 0 Å². The van der Waals surface area contributed by atoms with Crippen molar-refractivity contribution >= 4 is 21.8 Å². The summed E-state index contributed by atoms with van der Waals surface area (Å²) >= 11 is 3.42. The van der Waals surface area contributed by atoms with Crippen LogP contribution in [0.4, 0.5) is 0 Å². The van der Waals surface area contributed by atoms with Crippen LogP contribution in [-0.4, -0.2) is 46.3 Å². The van der Waals surface area contributed by atoms with Crippen LogP contribution in [0.15, 0.2) is 4.47 Å². The van der Waals surface area contributed by atoms with E-state index in [4.69, 9.17) is 4.74 Å². The van der Waals surface area contributed by atoms with E-state index in [2.05, 4.69) is 26.1 Å². The number of nitrogens with one attached hydrogen (secondary N) is 1. The SMILES string of the molecule is Cc1[nH]nc(C(=O)N2CCO[C@@H]3CCC[C@H]32)c1Br. The van der Waals surface area contributed by atoms with Crippen molar-refractivity contribution in [2.45, 2.75) is 38.3 Å². The van der Waals surface area contributed by atoms with E-state index in [1.807, 2.05) is 11.8 Å². The highest BCUT2D eigenvalue weighted by Gasteiger charge is 2.39. The lowest BCUT2D eigenvalue weighted by molar-refractivity contribution is -0.0447. The Morgan fingerprint density at radius 2 is 2.39 bits per heavy atom. The normalized spacial score (nSPS) is 27.3. The minimum absolute atomic E-state index is 0.00595. The second kappa shape index (κ2) is 4.66. The fourth-order valence-corrected chi connectivity index (χ4v) is 3.22. The quantitative estimate of drug-likeness (QED) is 0.861. The molecular formula is C12H16BrN3O2. The third-order valence-electron chi connectivity index (χ3n) is 3.82. The summed E-state index contributed by atoms with van der Waals surface area (Å²) < 4.78 is 6.49. The Balaban J connectivity index is 1.85. The van der Waals surface area contributed by atoms with Crippen molar-refractivity contribution in [3.8, 4) is 0 Å². The highest BCUT2D eigenvalue weighted by Crippen LogP contribution is 2.31. The molecule has 6 heteroatoms. The molecule has 1 aliphatic carbocycles. The minimum Gasteiger partial charge on any atom is -0.374 e. The number of rotatable bonds is 1. The Kier molecular flexibility index (Phi) is 3.15. The van der Waals surface area contributed by atoms with E-state index in [0.29, 0.717) is 18.8 Å². The lowest BCUT2D eigenvalue weighted by Crippen LogP contribution is -2.51. The fraction of sp³-hybridized carbons (Fsp3) is 0.667. The van der Waals surface area contributed by atoms with Gasteiger partial charge in [0, 0.05) is 12.2 Å². The molecule has 1 aliphatic heterocycles. The maximum Gasteiger partial charge on any atom is 0.275 e. The number of carbonyl (C=O) groups is 1. The van der Waals surface area contributed by atoms with Crippen LogP contribution in [0.2, 0.25) is 0 Å². The summed E-state index contributed by atoms with van der Waals surface area (Å²) in [7, 11) is 0. The number of aryl methyl sites for hydroxylation is 1. The van der Waals surface area contributed by atoms with E-state index in [0.717, 1.165) is 29.4 Å². The van der Waals surface area contributed by atoms with Gasteiger partial charge in [-0.15, -0.1) is 0 Å². The Morgan fingerprint density at radius 1 is 1.56 bits per heavy atom. The van der Waals surface area contributed by atoms with Crippen molar-refractivity contribution in [3.63, 3.8) is 0 Å². The maximum atomic E-state index is 12.5. The summed E-state index contributed by atoms with van der Waals surface area (Å²) in [6.45, 7) is 3.19. The number of aromatic amines is 1. The van der Waals surface area contributed by atoms with E-state index in [1.165, 1.54) is 0 Å². The Labute approximate surface area is 114 Å². The van der Waals surface area contributed by atoms with Crippen LogP contribution in [0.5, 0.6) is 0 Å². The van der Waals surface area contributed by atoms with Crippen LogP contribution in [0, 0.1) is 6.92 Å². The lowest BCUT2D eigenvalue weighted by atomic mass is 10.1. The molecule has 1 saturated heterocycles. The van der Waals surface area contributed by atoms with Crippen LogP contribution in [0.1, 0.15) is 35.4 Å². The van der Waals surface area contributed by atoms with E-state index < -0.39 is 0 Å². The van der Waals surface area contributed by atoms with Gasteiger partial charge < -0.3 is 9.64 Å². The minimum atomic E-state index is 0.00595. The molecule has 1 saturated carbocycles. The zero-order chi connectivity index (χ0) is 12.7. The third kappa shape index (κ3) is 1.87. The highest BCUT2D eigenvalue weighted by atomic mass is 79.9. The average Bonchev–Trinajstić information content (AvgIpc) is 2.96. The average molecular weight is 314 g/mol. The molecule has 2 aliphatic rings. The first-order valence-electron chi connectivity index (χ1n) is 6.31. The van der Waals surface area contributed by atoms with Gasteiger partial charge in [0.05, 0.1) is 23.2 Å². The first kappa shape index (κ1) is 12.2. The van der Waals surface area contributed by atoms with Crippen LogP contribution >= 0.6 is 15.9 Å². The van der Waals surface area contributed by atoms with Crippen molar-refractivity contribution in [1.29, 1.82) is 0 Å². The monoisotopic (exact) mass is 313 g/mol. The van der Waals surface area contributed by atoms with Gasteiger partial charge in [0.2, 0.25) is 0 Å². The van der Waals surface area contributed by atoms with Gasteiger partial charge in [0.25, 0.3) is 5.91 Å². The molecule has 0 radical (unpaired) electrons. The van der Waals surface area contributed by atoms with Gasteiger partial charge in [0.15, 0.2) is 5.69 Å². The number of aromatic nitrogens is 2. The van der Waals surface area contributed by atoms with Gasteiger partial charge in [-0.3, -0.25) is 9.89 Å². The largest absolute Gasteiger partial charge is 0.374 e. The van der Waals surface area contributed by atoms with Crippen molar-refractivity contribution in [1.82, 2.24) is 15.1 Å². The zero-order valence-corrected chi connectivity index (χ0v) is 11.9. The summed E-state index contributed by atoms with van der Waals surface area (Å²) in [5.41, 5.74) is 1.37. The molecule has 0 aromatic carbocycles. The zero-order valence-electron chi connectivity index (χ0n) is 10.3. The topological polar surface area (TPSA) is 58.2 Å². The molecule has 1 amide bonds. The molecule has 3 rings (SSSR count). The van der Waals surface area contributed by atoms with Crippen molar-refractivity contribution in [2.24, 2.45) is 0 Å². The first-order chi connectivity index (χ1) is 8.68. The van der Waals surface area contributed by atoms with Crippen LogP contribution in [0.25, 0.3) is 0 Å². The van der Waals surface area contributed by atoms with Gasteiger partial charge in [-0.1, -0.05) is 0 Å². The number of carbonyl (C=O) groups excluding carboxylic acids is 1. The summed E-state index contributed by atoms with van der Waals surface area (Å²) in [6.07, 6.45) is 3.47. The standard InChI is InChI=1S/C12H16BrN3O2/c1-7-10(13)11(15-14-7)12(17)16-5-6-18-9-4-2-3-8(9)16/h8-9H,2-6H2,1H3,(H,14,15)/t8-,9-/m1/s1. The molecule has 5 nitrogen and oxygen atoms in total. The number of amides is 1. The maximum absolute atomic E-state index is 12.5. The molecule has 1 aromatic heterocycles. The number of fused-ring (bicyclic) bond motifs is 1. The van der Waals surface area contributed by atoms with Crippen LogP contribution in [-0.2, 0) is 4.74 Å². The number of ether oxygens (including phenoxy) is 1. The highest BCUT2D eigenvalue weighted by molar-refractivity contribution is 9.10. The lowest BCUT2D eigenvalue weighted by Gasteiger charge is -2.37.